The van der Waals surface area contributed by atoms with Crippen molar-refractivity contribution in [3.05, 3.63) is 23.8 Å². The molecule has 0 radical (unpaired) electrons. The van der Waals surface area contributed by atoms with Crippen LogP contribution in [0.3, 0.4) is 0 Å². The minimum Gasteiger partial charge on any atom is -0.494 e. The Kier molecular flexibility index (Phi) is 11.5. The van der Waals surface area contributed by atoms with Gasteiger partial charge in [-0.1, -0.05) is 6.42 Å². The fourth-order valence-corrected chi connectivity index (χ4v) is 3.04. The van der Waals surface area contributed by atoms with E-state index in [0.717, 1.165) is 25.8 Å². The van der Waals surface area contributed by atoms with Crippen molar-refractivity contribution in [3.63, 3.8) is 0 Å². The SMILES string of the molecule is Cl.O=C(O)CCCCOc1ccc(OCC(F)(F)F)c(C(=O)NCC2CCCCN2)c1. The lowest BCUT2D eigenvalue weighted by atomic mass is 10.0. The van der Waals surface area contributed by atoms with Crippen molar-refractivity contribution >= 4 is 24.3 Å². The van der Waals surface area contributed by atoms with Gasteiger partial charge < -0.3 is 25.2 Å². The molecule has 176 valence electrons. The molecule has 0 aliphatic carbocycles. The third-order valence-electron chi connectivity index (χ3n) is 4.56. The Hall–Kier alpha value is -2.20. The van der Waals surface area contributed by atoms with Gasteiger partial charge in [-0.05, 0) is 50.4 Å². The number of nitrogens with one attached hydrogen (secondary N) is 2. The lowest BCUT2D eigenvalue weighted by Crippen LogP contribution is -2.43. The fraction of sp³-hybridized carbons (Fsp3) is 0.600. The van der Waals surface area contributed by atoms with Crippen LogP contribution in [0.4, 0.5) is 13.2 Å². The first-order valence-electron chi connectivity index (χ1n) is 9.94. The van der Waals surface area contributed by atoms with Crippen molar-refractivity contribution < 1.29 is 37.3 Å². The van der Waals surface area contributed by atoms with Crippen LogP contribution in [0.1, 0.15) is 48.9 Å². The Labute approximate surface area is 185 Å². The molecule has 11 heteroatoms. The molecular formula is C20H28ClF3N2O5. The van der Waals surface area contributed by atoms with Crippen LogP contribution in [0, 0.1) is 0 Å². The van der Waals surface area contributed by atoms with E-state index in [0.29, 0.717) is 25.1 Å². The molecule has 1 amide bonds. The minimum atomic E-state index is -4.53. The number of amides is 1. The lowest BCUT2D eigenvalue weighted by molar-refractivity contribution is -0.153. The van der Waals surface area contributed by atoms with Gasteiger partial charge in [0.2, 0.25) is 0 Å². The maximum atomic E-state index is 12.6. The summed E-state index contributed by atoms with van der Waals surface area (Å²) in [5.41, 5.74) is -0.0434. The van der Waals surface area contributed by atoms with Gasteiger partial charge in [-0.2, -0.15) is 13.2 Å². The number of alkyl halides is 3. The van der Waals surface area contributed by atoms with E-state index in [-0.39, 0.29) is 42.8 Å². The van der Waals surface area contributed by atoms with Crippen molar-refractivity contribution in [1.29, 1.82) is 0 Å². The van der Waals surface area contributed by atoms with Gasteiger partial charge in [0.05, 0.1) is 12.2 Å². The Balaban J connectivity index is 0.00000480. The number of halogens is 4. The molecule has 1 aromatic carbocycles. The van der Waals surface area contributed by atoms with Crippen molar-refractivity contribution in [1.82, 2.24) is 10.6 Å². The molecule has 3 N–H and O–H groups in total. The molecule has 1 atom stereocenters. The first-order valence-corrected chi connectivity index (χ1v) is 9.94. The van der Waals surface area contributed by atoms with Gasteiger partial charge in [-0.25, -0.2) is 0 Å². The molecule has 1 aliphatic heterocycles. The summed E-state index contributed by atoms with van der Waals surface area (Å²) in [6.45, 7) is -0.0561. The van der Waals surface area contributed by atoms with Gasteiger partial charge in [0, 0.05) is 19.0 Å². The first kappa shape index (κ1) is 26.8. The highest BCUT2D eigenvalue weighted by atomic mass is 35.5. The molecule has 0 spiro atoms. The number of unbranched alkanes of at least 4 members (excludes halogenated alkanes) is 1. The molecule has 1 aromatic rings. The number of hydrogen-bond acceptors (Lipinski definition) is 5. The number of carboxylic acids is 1. The Morgan fingerprint density at radius 3 is 2.61 bits per heavy atom. The summed E-state index contributed by atoms with van der Waals surface area (Å²) in [5.74, 6) is -1.33. The fourth-order valence-electron chi connectivity index (χ4n) is 3.04. The molecule has 1 unspecified atom stereocenters. The minimum absolute atomic E-state index is 0. The Bertz CT molecular complexity index is 713. The summed E-state index contributed by atoms with van der Waals surface area (Å²) in [7, 11) is 0. The molecule has 2 rings (SSSR count). The van der Waals surface area contributed by atoms with E-state index < -0.39 is 24.7 Å². The van der Waals surface area contributed by atoms with Crippen molar-refractivity contribution in [2.24, 2.45) is 0 Å². The van der Waals surface area contributed by atoms with E-state index in [1.54, 1.807) is 0 Å². The molecule has 1 heterocycles. The monoisotopic (exact) mass is 468 g/mol. The zero-order valence-corrected chi connectivity index (χ0v) is 17.8. The molecule has 7 nitrogen and oxygen atoms in total. The number of carbonyl (C=O) groups excluding carboxylic acids is 1. The second-order valence-electron chi connectivity index (χ2n) is 7.12. The number of aliphatic carboxylic acids is 1. The zero-order valence-electron chi connectivity index (χ0n) is 17.0. The summed E-state index contributed by atoms with van der Waals surface area (Å²) in [6.07, 6.45) is -0.533. The highest BCUT2D eigenvalue weighted by molar-refractivity contribution is 5.97. The van der Waals surface area contributed by atoms with E-state index in [1.165, 1.54) is 18.2 Å². The highest BCUT2D eigenvalue weighted by Crippen LogP contribution is 2.27. The first-order chi connectivity index (χ1) is 14.2. The molecule has 0 aromatic heterocycles. The molecule has 0 saturated carbocycles. The summed E-state index contributed by atoms with van der Waals surface area (Å²) in [4.78, 5) is 23.1. The van der Waals surface area contributed by atoms with Gasteiger partial charge in [0.1, 0.15) is 11.5 Å². The normalized spacial score (nSPS) is 16.2. The van der Waals surface area contributed by atoms with Crippen LogP contribution in [-0.2, 0) is 4.79 Å². The van der Waals surface area contributed by atoms with E-state index in [1.807, 2.05) is 0 Å². The number of ether oxygens (including phenoxy) is 2. The van der Waals surface area contributed by atoms with Gasteiger partial charge in [-0.3, -0.25) is 9.59 Å². The van der Waals surface area contributed by atoms with Crippen LogP contribution in [0.2, 0.25) is 0 Å². The summed E-state index contributed by atoms with van der Waals surface area (Å²) >= 11 is 0. The predicted molar refractivity (Wildman–Crippen MR) is 110 cm³/mol. The van der Waals surface area contributed by atoms with Gasteiger partial charge >= 0.3 is 12.1 Å². The van der Waals surface area contributed by atoms with Crippen LogP contribution in [0.15, 0.2) is 18.2 Å². The van der Waals surface area contributed by atoms with Crippen LogP contribution in [-0.4, -0.2) is 55.5 Å². The largest absolute Gasteiger partial charge is 0.494 e. The van der Waals surface area contributed by atoms with E-state index >= 15 is 0 Å². The van der Waals surface area contributed by atoms with Gasteiger partial charge in [0.15, 0.2) is 6.61 Å². The molecular weight excluding hydrogens is 441 g/mol. The number of rotatable bonds is 11. The number of hydrogen-bond donors (Lipinski definition) is 3. The predicted octanol–water partition coefficient (Wildman–Crippen LogP) is 3.56. The van der Waals surface area contributed by atoms with Crippen molar-refractivity contribution in [2.75, 3.05) is 26.3 Å². The standard InChI is InChI=1S/C20H27F3N2O5.ClH/c21-20(22,23)13-30-17-8-7-15(29-10-4-2-6-18(26)27)11-16(17)19(28)25-12-14-5-1-3-9-24-14;/h7-8,11,14,24H,1-6,9-10,12-13H2,(H,25,28)(H,26,27);1H. The summed E-state index contributed by atoms with van der Waals surface area (Å²) in [5, 5.41) is 14.6. The second-order valence-corrected chi connectivity index (χ2v) is 7.12. The van der Waals surface area contributed by atoms with Crippen molar-refractivity contribution in [3.8, 4) is 11.5 Å². The molecule has 1 fully saturated rings. The average Bonchev–Trinajstić information content (AvgIpc) is 2.70. The van der Waals surface area contributed by atoms with Crippen LogP contribution < -0.4 is 20.1 Å². The summed E-state index contributed by atoms with van der Waals surface area (Å²) < 4.78 is 47.9. The van der Waals surface area contributed by atoms with Gasteiger partial charge in [-0.15, -0.1) is 12.4 Å². The Morgan fingerprint density at radius 2 is 1.97 bits per heavy atom. The quantitative estimate of drug-likeness (QED) is 0.430. The van der Waals surface area contributed by atoms with Crippen LogP contribution in [0.25, 0.3) is 0 Å². The molecule has 0 bridgehead atoms. The average molecular weight is 469 g/mol. The number of piperidine rings is 1. The Morgan fingerprint density at radius 1 is 1.19 bits per heavy atom. The smallest absolute Gasteiger partial charge is 0.422 e. The van der Waals surface area contributed by atoms with E-state index in [9.17, 15) is 22.8 Å². The highest BCUT2D eigenvalue weighted by Gasteiger charge is 2.29. The third kappa shape index (κ3) is 10.6. The maximum absolute atomic E-state index is 12.6. The summed E-state index contributed by atoms with van der Waals surface area (Å²) in [6, 6.07) is 4.15. The van der Waals surface area contributed by atoms with Gasteiger partial charge in [0.25, 0.3) is 5.91 Å². The van der Waals surface area contributed by atoms with Crippen LogP contribution >= 0.6 is 12.4 Å². The number of carbonyl (C=O) groups is 2. The second kappa shape index (κ2) is 13.3. The molecule has 1 aliphatic rings. The van der Waals surface area contributed by atoms with Crippen molar-refractivity contribution in [2.45, 2.75) is 50.7 Å². The maximum Gasteiger partial charge on any atom is 0.422 e. The van der Waals surface area contributed by atoms with Crippen LogP contribution in [0.5, 0.6) is 11.5 Å². The zero-order chi connectivity index (χ0) is 22.0. The molecule has 1 saturated heterocycles. The third-order valence-corrected chi connectivity index (χ3v) is 4.56. The topological polar surface area (TPSA) is 96.9 Å². The lowest BCUT2D eigenvalue weighted by Gasteiger charge is -2.24. The number of carboxylic acid groups (broad SMARTS) is 1. The molecule has 31 heavy (non-hydrogen) atoms. The van der Waals surface area contributed by atoms with E-state index in [2.05, 4.69) is 10.6 Å². The number of benzene rings is 1. The van der Waals surface area contributed by atoms with E-state index in [4.69, 9.17) is 14.6 Å².